The van der Waals surface area contributed by atoms with Gasteiger partial charge in [0.15, 0.2) is 0 Å². The van der Waals surface area contributed by atoms with Crippen LogP contribution in [-0.4, -0.2) is 13.1 Å². The monoisotopic (exact) mass is 269 g/mol. The van der Waals surface area contributed by atoms with Crippen LogP contribution in [0.25, 0.3) is 11.1 Å². The summed E-state index contributed by atoms with van der Waals surface area (Å²) >= 11 is 0. The molecule has 1 aliphatic heterocycles. The molecular formula is C17H19NO2. The summed E-state index contributed by atoms with van der Waals surface area (Å²) in [6, 6.07) is 9.52. The number of nitrogens with zero attached hydrogens (tertiary/aromatic N) is 1. The van der Waals surface area contributed by atoms with E-state index in [0.717, 1.165) is 18.7 Å². The molecule has 1 saturated heterocycles. The molecule has 0 N–H and O–H groups in total. The molecule has 0 bridgehead atoms. The summed E-state index contributed by atoms with van der Waals surface area (Å²) < 4.78 is 0. The van der Waals surface area contributed by atoms with Crippen molar-refractivity contribution in [3.05, 3.63) is 50.8 Å². The molecule has 1 heterocycles. The van der Waals surface area contributed by atoms with Gasteiger partial charge in [0.1, 0.15) is 5.69 Å². The Balaban J connectivity index is 2.01. The van der Waals surface area contributed by atoms with Gasteiger partial charge in [-0.15, -0.1) is 0 Å². The van der Waals surface area contributed by atoms with Crippen LogP contribution in [0.4, 0.5) is 5.69 Å². The zero-order valence-corrected chi connectivity index (χ0v) is 11.9. The second-order valence-corrected chi connectivity index (χ2v) is 6.10. The highest BCUT2D eigenvalue weighted by atomic mass is 16.2. The number of hydrogen-bond acceptors (Lipinski definition) is 3. The Hall–Kier alpha value is -1.90. The number of piperidine rings is 1. The van der Waals surface area contributed by atoms with E-state index in [9.17, 15) is 9.59 Å². The first-order valence-corrected chi connectivity index (χ1v) is 7.21. The lowest BCUT2D eigenvalue weighted by Crippen LogP contribution is -2.47. The molecule has 0 spiro atoms. The minimum Gasteiger partial charge on any atom is -0.367 e. The number of rotatable bonds is 2. The van der Waals surface area contributed by atoms with Crippen LogP contribution < -0.4 is 15.8 Å². The Labute approximate surface area is 118 Å². The van der Waals surface area contributed by atoms with E-state index in [4.69, 9.17) is 0 Å². The normalized spacial score (nSPS) is 23.2. The molecule has 3 nitrogen and oxygen atoms in total. The molecule has 0 amide bonds. The summed E-state index contributed by atoms with van der Waals surface area (Å²) in [6.45, 7) is 6.15. The maximum atomic E-state index is 12.0. The fourth-order valence-corrected chi connectivity index (χ4v) is 3.40. The molecule has 104 valence electrons. The van der Waals surface area contributed by atoms with Crippen LogP contribution in [0.5, 0.6) is 0 Å². The predicted molar refractivity (Wildman–Crippen MR) is 81.9 cm³/mol. The van der Waals surface area contributed by atoms with Crippen LogP contribution >= 0.6 is 0 Å². The molecule has 0 radical (unpaired) electrons. The smallest absolute Gasteiger partial charge is 0.250 e. The molecule has 2 aromatic carbocycles. The van der Waals surface area contributed by atoms with Gasteiger partial charge in [0.25, 0.3) is 0 Å². The lowest BCUT2D eigenvalue weighted by molar-refractivity contribution is 0.356. The van der Waals surface area contributed by atoms with Gasteiger partial charge in [0, 0.05) is 13.1 Å². The van der Waals surface area contributed by atoms with Crippen molar-refractivity contribution in [1.82, 2.24) is 0 Å². The van der Waals surface area contributed by atoms with Crippen molar-refractivity contribution < 1.29 is 0 Å². The first-order valence-electron chi connectivity index (χ1n) is 7.21. The molecule has 2 aromatic rings. The van der Waals surface area contributed by atoms with E-state index in [1.54, 1.807) is 0 Å². The second kappa shape index (κ2) is 4.89. The van der Waals surface area contributed by atoms with Crippen LogP contribution in [0.15, 0.2) is 39.9 Å². The van der Waals surface area contributed by atoms with E-state index < -0.39 is 0 Å². The lowest BCUT2D eigenvalue weighted by atomic mass is 9.89. The van der Waals surface area contributed by atoms with E-state index in [2.05, 4.69) is 18.7 Å². The third-order valence-corrected chi connectivity index (χ3v) is 4.13. The second-order valence-electron chi connectivity index (χ2n) is 6.10. The van der Waals surface area contributed by atoms with Gasteiger partial charge in [-0.25, -0.2) is 0 Å². The van der Waals surface area contributed by atoms with E-state index >= 15 is 0 Å². The van der Waals surface area contributed by atoms with Gasteiger partial charge in [0.05, 0.1) is 5.56 Å². The largest absolute Gasteiger partial charge is 0.367 e. The Bertz CT molecular complexity index is 673. The van der Waals surface area contributed by atoms with Gasteiger partial charge in [0.2, 0.25) is 10.9 Å². The molecule has 0 saturated carbocycles. The van der Waals surface area contributed by atoms with E-state index in [1.165, 1.54) is 6.42 Å². The van der Waals surface area contributed by atoms with Crippen molar-refractivity contribution in [2.45, 2.75) is 20.3 Å². The molecule has 20 heavy (non-hydrogen) atoms. The standard InChI is InChI=1S/C17H19NO2/c1-11-8-12(2)10-18(9-11)15-14(16(19)17(15)20)13-6-4-3-5-7-13/h3-7,11-12H,8-10H2,1-2H3. The summed E-state index contributed by atoms with van der Waals surface area (Å²) in [4.78, 5) is 26.1. The Morgan fingerprint density at radius 3 is 2.15 bits per heavy atom. The van der Waals surface area contributed by atoms with Crippen molar-refractivity contribution in [1.29, 1.82) is 0 Å². The van der Waals surface area contributed by atoms with Gasteiger partial charge in [-0.05, 0) is 23.8 Å². The van der Waals surface area contributed by atoms with Crippen LogP contribution in [-0.2, 0) is 0 Å². The average Bonchev–Trinajstić information content (AvgIpc) is 2.43. The summed E-state index contributed by atoms with van der Waals surface area (Å²) in [5.41, 5.74) is 1.46. The van der Waals surface area contributed by atoms with Crippen molar-refractivity contribution in [2.75, 3.05) is 18.0 Å². The van der Waals surface area contributed by atoms with E-state index in [-0.39, 0.29) is 10.9 Å². The van der Waals surface area contributed by atoms with Gasteiger partial charge in [-0.2, -0.15) is 0 Å². The third kappa shape index (κ3) is 2.07. The summed E-state index contributed by atoms with van der Waals surface area (Å²) in [7, 11) is 0. The van der Waals surface area contributed by atoms with Gasteiger partial charge in [-0.3, -0.25) is 9.59 Å². The quantitative estimate of drug-likeness (QED) is 0.786. The topological polar surface area (TPSA) is 37.4 Å². The summed E-state index contributed by atoms with van der Waals surface area (Å²) in [6.07, 6.45) is 1.19. The maximum Gasteiger partial charge on any atom is 0.250 e. The van der Waals surface area contributed by atoms with Crippen molar-refractivity contribution in [3.8, 4) is 11.1 Å². The van der Waals surface area contributed by atoms with Crippen LogP contribution in [0.2, 0.25) is 0 Å². The third-order valence-electron chi connectivity index (χ3n) is 4.13. The zero-order valence-electron chi connectivity index (χ0n) is 11.9. The molecular weight excluding hydrogens is 250 g/mol. The Morgan fingerprint density at radius 1 is 0.950 bits per heavy atom. The molecule has 3 heteroatoms. The van der Waals surface area contributed by atoms with E-state index in [0.29, 0.717) is 23.1 Å². The first-order chi connectivity index (χ1) is 9.58. The zero-order chi connectivity index (χ0) is 14.3. The SMILES string of the molecule is CC1CC(C)CN(c2c(-c3ccccc3)c(=O)c2=O)C1. The maximum absolute atomic E-state index is 12.0. The Kier molecular flexibility index (Phi) is 3.20. The van der Waals surface area contributed by atoms with Crippen molar-refractivity contribution in [2.24, 2.45) is 11.8 Å². The Morgan fingerprint density at radius 2 is 1.55 bits per heavy atom. The highest BCUT2D eigenvalue weighted by Crippen LogP contribution is 2.31. The average molecular weight is 269 g/mol. The molecule has 1 fully saturated rings. The fraction of sp³-hybridized carbons (Fsp3) is 0.412. The lowest BCUT2D eigenvalue weighted by Gasteiger charge is -2.37. The van der Waals surface area contributed by atoms with Gasteiger partial charge >= 0.3 is 0 Å². The van der Waals surface area contributed by atoms with E-state index in [1.807, 2.05) is 30.3 Å². The van der Waals surface area contributed by atoms with Crippen molar-refractivity contribution in [3.63, 3.8) is 0 Å². The molecule has 3 rings (SSSR count). The summed E-state index contributed by atoms with van der Waals surface area (Å²) in [5, 5.41) is 0. The highest BCUT2D eigenvalue weighted by Gasteiger charge is 2.31. The molecule has 1 aliphatic rings. The van der Waals surface area contributed by atoms with Crippen LogP contribution in [0, 0.1) is 11.8 Å². The molecule has 0 aliphatic carbocycles. The fourth-order valence-electron chi connectivity index (χ4n) is 3.40. The molecule has 2 atom stereocenters. The number of benzene rings is 1. The first kappa shape index (κ1) is 13.1. The predicted octanol–water partition coefficient (Wildman–Crippen LogP) is 2.43. The summed E-state index contributed by atoms with van der Waals surface area (Å²) in [5.74, 6) is 1.12. The van der Waals surface area contributed by atoms with Gasteiger partial charge < -0.3 is 4.90 Å². The molecule has 2 unspecified atom stereocenters. The number of hydrogen-bond donors (Lipinski definition) is 0. The van der Waals surface area contributed by atoms with Crippen molar-refractivity contribution >= 4 is 5.69 Å². The van der Waals surface area contributed by atoms with Gasteiger partial charge in [-0.1, -0.05) is 44.2 Å². The minimum atomic E-state index is -0.336. The highest BCUT2D eigenvalue weighted by molar-refractivity contribution is 5.82. The number of anilines is 1. The van der Waals surface area contributed by atoms with Crippen LogP contribution in [0.1, 0.15) is 20.3 Å². The minimum absolute atomic E-state index is 0.315. The molecule has 0 aromatic heterocycles. The van der Waals surface area contributed by atoms with Crippen LogP contribution in [0.3, 0.4) is 0 Å².